The van der Waals surface area contributed by atoms with Gasteiger partial charge in [0.2, 0.25) is 0 Å². The zero-order valence-corrected chi connectivity index (χ0v) is 12.4. The van der Waals surface area contributed by atoms with Gasteiger partial charge in [-0.15, -0.1) is 0 Å². The van der Waals surface area contributed by atoms with E-state index in [1.165, 1.54) is 12.8 Å². The van der Waals surface area contributed by atoms with E-state index in [2.05, 4.69) is 19.9 Å². The number of hydrogen-bond acceptors (Lipinski definition) is 5. The van der Waals surface area contributed by atoms with Crippen LogP contribution in [0.25, 0.3) is 11.2 Å². The highest BCUT2D eigenvalue weighted by Crippen LogP contribution is 2.27. The van der Waals surface area contributed by atoms with E-state index in [9.17, 15) is 0 Å². The molecule has 1 aromatic carbocycles. The Morgan fingerprint density at radius 2 is 2.00 bits per heavy atom. The molecule has 0 amide bonds. The van der Waals surface area contributed by atoms with Gasteiger partial charge in [-0.05, 0) is 37.1 Å². The summed E-state index contributed by atoms with van der Waals surface area (Å²) in [5.41, 5.74) is 2.71. The maximum atomic E-state index is 5.18. The molecule has 0 spiro atoms. The lowest BCUT2D eigenvalue weighted by atomic mass is 10.2. The summed E-state index contributed by atoms with van der Waals surface area (Å²) < 4.78 is 7.38. The van der Waals surface area contributed by atoms with Crippen molar-refractivity contribution in [3.8, 4) is 5.75 Å². The van der Waals surface area contributed by atoms with Gasteiger partial charge in [0.1, 0.15) is 17.9 Å². The van der Waals surface area contributed by atoms with Gasteiger partial charge >= 0.3 is 0 Å². The maximum Gasteiger partial charge on any atom is 0.165 e. The number of fused-ring (bicyclic) bond motifs is 3. The molecule has 1 N–H and O–H groups in total. The van der Waals surface area contributed by atoms with Gasteiger partial charge in [-0.3, -0.25) is 0 Å². The number of nitrogens with zero attached hydrogens (tertiary/aromatic N) is 4. The number of methoxy groups -OCH3 is 1. The molecule has 1 aliphatic heterocycles. The van der Waals surface area contributed by atoms with Crippen LogP contribution in [0.3, 0.4) is 0 Å². The molecular formula is C16H17N5O. The third-order valence-electron chi connectivity index (χ3n) is 4.00. The van der Waals surface area contributed by atoms with Crippen molar-refractivity contribution in [3.63, 3.8) is 0 Å². The maximum absolute atomic E-state index is 5.18. The SMILES string of the molecule is COc1ccc(Nc2ncnc3c2nc2n3CCCC2)cc1. The zero-order valence-electron chi connectivity index (χ0n) is 12.4. The van der Waals surface area contributed by atoms with Crippen molar-refractivity contribution in [1.29, 1.82) is 0 Å². The van der Waals surface area contributed by atoms with Crippen molar-refractivity contribution in [1.82, 2.24) is 19.5 Å². The van der Waals surface area contributed by atoms with Gasteiger partial charge in [-0.25, -0.2) is 15.0 Å². The van der Waals surface area contributed by atoms with Crippen LogP contribution < -0.4 is 10.1 Å². The predicted octanol–water partition coefficient (Wildman–Crippen LogP) is 2.91. The van der Waals surface area contributed by atoms with Gasteiger partial charge in [-0.1, -0.05) is 0 Å². The molecule has 6 heteroatoms. The van der Waals surface area contributed by atoms with E-state index in [-0.39, 0.29) is 0 Å². The summed E-state index contributed by atoms with van der Waals surface area (Å²) in [6, 6.07) is 7.75. The van der Waals surface area contributed by atoms with Crippen LogP contribution in [0, 0.1) is 0 Å². The average molecular weight is 295 g/mol. The molecule has 0 unspecified atom stereocenters. The highest BCUT2D eigenvalue weighted by atomic mass is 16.5. The molecule has 2 aromatic heterocycles. The van der Waals surface area contributed by atoms with E-state index in [1.54, 1.807) is 13.4 Å². The molecule has 112 valence electrons. The van der Waals surface area contributed by atoms with Crippen LogP contribution in [0.15, 0.2) is 30.6 Å². The summed E-state index contributed by atoms with van der Waals surface area (Å²) >= 11 is 0. The normalized spacial score (nSPS) is 13.9. The van der Waals surface area contributed by atoms with Crippen molar-refractivity contribution in [2.24, 2.45) is 0 Å². The Hall–Kier alpha value is -2.63. The van der Waals surface area contributed by atoms with E-state index in [1.807, 2.05) is 24.3 Å². The lowest BCUT2D eigenvalue weighted by Gasteiger charge is -2.13. The first-order chi connectivity index (χ1) is 10.8. The van der Waals surface area contributed by atoms with Gasteiger partial charge in [0.15, 0.2) is 17.0 Å². The largest absolute Gasteiger partial charge is 0.497 e. The Morgan fingerprint density at radius 3 is 2.82 bits per heavy atom. The second kappa shape index (κ2) is 5.29. The van der Waals surface area contributed by atoms with Crippen LogP contribution in [-0.2, 0) is 13.0 Å². The minimum Gasteiger partial charge on any atom is -0.497 e. The molecule has 0 bridgehead atoms. The molecule has 0 fully saturated rings. The summed E-state index contributed by atoms with van der Waals surface area (Å²) in [5, 5.41) is 3.32. The Bertz CT molecular complexity index is 809. The third kappa shape index (κ3) is 2.16. The van der Waals surface area contributed by atoms with Crippen LogP contribution in [-0.4, -0.2) is 26.6 Å². The number of ether oxygens (including phenoxy) is 1. The molecule has 0 saturated carbocycles. The van der Waals surface area contributed by atoms with Crippen LogP contribution in [0.1, 0.15) is 18.7 Å². The summed E-state index contributed by atoms with van der Waals surface area (Å²) in [4.78, 5) is 13.5. The number of rotatable bonds is 3. The van der Waals surface area contributed by atoms with Crippen LogP contribution in [0.5, 0.6) is 5.75 Å². The van der Waals surface area contributed by atoms with E-state index in [0.717, 1.165) is 47.2 Å². The van der Waals surface area contributed by atoms with Crippen molar-refractivity contribution in [3.05, 3.63) is 36.4 Å². The molecule has 0 aliphatic carbocycles. The highest BCUT2D eigenvalue weighted by Gasteiger charge is 2.18. The molecule has 0 atom stereocenters. The van der Waals surface area contributed by atoms with Gasteiger partial charge in [-0.2, -0.15) is 0 Å². The zero-order chi connectivity index (χ0) is 14.9. The Kier molecular flexibility index (Phi) is 3.14. The molecule has 0 radical (unpaired) electrons. The topological polar surface area (TPSA) is 64.9 Å². The lowest BCUT2D eigenvalue weighted by Crippen LogP contribution is -2.10. The molecule has 3 aromatic rings. The summed E-state index contributed by atoms with van der Waals surface area (Å²) in [6.45, 7) is 0.991. The van der Waals surface area contributed by atoms with Crippen LogP contribution in [0.2, 0.25) is 0 Å². The van der Waals surface area contributed by atoms with Crippen molar-refractivity contribution < 1.29 is 4.74 Å². The number of aryl methyl sites for hydroxylation is 2. The fourth-order valence-corrected chi connectivity index (χ4v) is 2.86. The average Bonchev–Trinajstić information content (AvgIpc) is 2.95. The molecule has 1 aliphatic rings. The third-order valence-corrected chi connectivity index (χ3v) is 4.00. The van der Waals surface area contributed by atoms with Crippen molar-refractivity contribution in [2.45, 2.75) is 25.8 Å². The number of nitrogens with one attached hydrogen (secondary N) is 1. The van der Waals surface area contributed by atoms with E-state index in [4.69, 9.17) is 9.72 Å². The standard InChI is InChI=1S/C16H17N5O/c1-22-12-7-5-11(6-8-12)19-15-14-16(18-10-17-15)21-9-3-2-4-13(21)20-14/h5-8,10H,2-4,9H2,1H3,(H,17,18,19). The molecular weight excluding hydrogens is 278 g/mol. The first-order valence-electron chi connectivity index (χ1n) is 7.46. The second-order valence-electron chi connectivity index (χ2n) is 5.38. The minimum absolute atomic E-state index is 0.747. The molecule has 22 heavy (non-hydrogen) atoms. The van der Waals surface area contributed by atoms with Gasteiger partial charge < -0.3 is 14.6 Å². The molecule has 6 nitrogen and oxygen atoms in total. The summed E-state index contributed by atoms with van der Waals surface area (Å²) in [7, 11) is 1.66. The monoisotopic (exact) mass is 295 g/mol. The van der Waals surface area contributed by atoms with Crippen molar-refractivity contribution in [2.75, 3.05) is 12.4 Å². The first-order valence-corrected chi connectivity index (χ1v) is 7.46. The summed E-state index contributed by atoms with van der Waals surface area (Å²) in [5.74, 6) is 2.69. The van der Waals surface area contributed by atoms with Gasteiger partial charge in [0.05, 0.1) is 7.11 Å². The smallest absolute Gasteiger partial charge is 0.165 e. The van der Waals surface area contributed by atoms with Crippen LogP contribution >= 0.6 is 0 Å². The minimum atomic E-state index is 0.747. The van der Waals surface area contributed by atoms with Crippen LogP contribution in [0.4, 0.5) is 11.5 Å². The Balaban J connectivity index is 1.73. The van der Waals surface area contributed by atoms with E-state index < -0.39 is 0 Å². The van der Waals surface area contributed by atoms with E-state index in [0.29, 0.717) is 0 Å². The van der Waals surface area contributed by atoms with E-state index >= 15 is 0 Å². The number of aromatic nitrogens is 4. The number of imidazole rings is 1. The Morgan fingerprint density at radius 1 is 1.14 bits per heavy atom. The summed E-state index contributed by atoms with van der Waals surface area (Å²) in [6.07, 6.45) is 4.98. The predicted molar refractivity (Wildman–Crippen MR) is 84.5 cm³/mol. The van der Waals surface area contributed by atoms with Crippen molar-refractivity contribution >= 4 is 22.7 Å². The second-order valence-corrected chi connectivity index (χ2v) is 5.38. The number of anilines is 2. The fraction of sp³-hybridized carbons (Fsp3) is 0.312. The quantitative estimate of drug-likeness (QED) is 0.805. The number of benzene rings is 1. The molecule has 0 saturated heterocycles. The molecule has 4 rings (SSSR count). The fourth-order valence-electron chi connectivity index (χ4n) is 2.86. The Labute approximate surface area is 128 Å². The number of hydrogen-bond donors (Lipinski definition) is 1. The van der Waals surface area contributed by atoms with Gasteiger partial charge in [0, 0.05) is 18.7 Å². The lowest BCUT2D eigenvalue weighted by molar-refractivity contribution is 0.415. The van der Waals surface area contributed by atoms with Gasteiger partial charge in [0.25, 0.3) is 0 Å². The highest BCUT2D eigenvalue weighted by molar-refractivity contribution is 5.85. The first kappa shape index (κ1) is 13.1. The molecule has 3 heterocycles.